The maximum Gasteiger partial charge on any atom is 0.271 e. The van der Waals surface area contributed by atoms with Crippen LogP contribution in [-0.4, -0.2) is 11.7 Å². The van der Waals surface area contributed by atoms with Crippen LogP contribution in [0, 0.1) is 5.92 Å². The lowest BCUT2D eigenvalue weighted by molar-refractivity contribution is 0.290. The first-order valence-corrected chi connectivity index (χ1v) is 5.38. The number of aliphatic hydroxyl groups is 1. The van der Waals surface area contributed by atoms with E-state index in [0.29, 0.717) is 12.3 Å². The van der Waals surface area contributed by atoms with Gasteiger partial charge in [-0.3, -0.25) is 0 Å². The van der Waals surface area contributed by atoms with Gasteiger partial charge in [0.25, 0.3) is 6.08 Å². The molecule has 0 aromatic carbocycles. The first kappa shape index (κ1) is 11.6. The van der Waals surface area contributed by atoms with Gasteiger partial charge in [0.1, 0.15) is 0 Å². The lowest BCUT2D eigenvalue weighted by atomic mass is 9.85. The summed E-state index contributed by atoms with van der Waals surface area (Å²) in [6.07, 6.45) is 5.59. The van der Waals surface area contributed by atoms with Gasteiger partial charge in [0.2, 0.25) is 0 Å². The molecule has 0 aromatic rings. The summed E-state index contributed by atoms with van der Waals surface area (Å²) in [5, 5.41) is 8.69. The van der Waals surface area contributed by atoms with E-state index in [1.807, 2.05) is 0 Å². The number of hydrogen-bond acceptors (Lipinski definition) is 1. The van der Waals surface area contributed by atoms with Gasteiger partial charge in [-0.1, -0.05) is 32.1 Å². The van der Waals surface area contributed by atoms with Crippen molar-refractivity contribution in [3.63, 3.8) is 0 Å². The summed E-state index contributed by atoms with van der Waals surface area (Å²) in [7, 11) is 0. The SMILES string of the molecule is OCC(CCC1CCCCC1)=C(F)F. The molecule has 0 spiro atoms. The second-order valence-electron chi connectivity index (χ2n) is 4.06. The first-order chi connectivity index (χ1) is 6.74. The Bertz CT molecular complexity index is 191. The maximum atomic E-state index is 12.2. The molecule has 0 unspecified atom stereocenters. The Morgan fingerprint density at radius 1 is 1.14 bits per heavy atom. The van der Waals surface area contributed by atoms with Crippen LogP contribution in [0.25, 0.3) is 0 Å². The zero-order valence-corrected chi connectivity index (χ0v) is 8.44. The largest absolute Gasteiger partial charge is 0.392 e. The molecule has 0 radical (unpaired) electrons. The lowest BCUT2D eigenvalue weighted by Crippen LogP contribution is -2.07. The zero-order chi connectivity index (χ0) is 10.4. The monoisotopic (exact) mass is 204 g/mol. The van der Waals surface area contributed by atoms with Gasteiger partial charge < -0.3 is 5.11 Å². The number of hydrogen-bond donors (Lipinski definition) is 1. The van der Waals surface area contributed by atoms with Crippen molar-refractivity contribution in [2.75, 3.05) is 6.61 Å². The molecule has 0 atom stereocenters. The summed E-state index contributed by atoms with van der Waals surface area (Å²) in [5.74, 6) is 0.602. The van der Waals surface area contributed by atoms with Crippen LogP contribution in [0.3, 0.4) is 0 Å². The van der Waals surface area contributed by atoms with Gasteiger partial charge in [0, 0.05) is 5.57 Å². The van der Waals surface area contributed by atoms with E-state index in [2.05, 4.69) is 0 Å². The third kappa shape index (κ3) is 3.74. The summed E-state index contributed by atoms with van der Waals surface area (Å²) in [6, 6.07) is 0. The molecule has 0 bridgehead atoms. The molecule has 1 aliphatic rings. The molecule has 0 heterocycles. The van der Waals surface area contributed by atoms with Gasteiger partial charge >= 0.3 is 0 Å². The Balaban J connectivity index is 2.27. The van der Waals surface area contributed by atoms with Crippen molar-refractivity contribution in [1.82, 2.24) is 0 Å². The zero-order valence-electron chi connectivity index (χ0n) is 8.44. The first-order valence-electron chi connectivity index (χ1n) is 5.38. The fourth-order valence-corrected chi connectivity index (χ4v) is 2.09. The molecular formula is C11H18F2O. The lowest BCUT2D eigenvalue weighted by Gasteiger charge is -2.21. The summed E-state index contributed by atoms with van der Waals surface area (Å²) in [5.41, 5.74) is -0.0735. The molecule has 0 amide bonds. The average Bonchev–Trinajstić information content (AvgIpc) is 2.20. The molecule has 0 saturated heterocycles. The van der Waals surface area contributed by atoms with Crippen molar-refractivity contribution in [3.8, 4) is 0 Å². The summed E-state index contributed by atoms with van der Waals surface area (Å²) in [4.78, 5) is 0. The van der Waals surface area contributed by atoms with Crippen LogP contribution >= 0.6 is 0 Å². The van der Waals surface area contributed by atoms with Crippen molar-refractivity contribution >= 4 is 0 Å². The molecule has 1 nitrogen and oxygen atoms in total. The average molecular weight is 204 g/mol. The van der Waals surface area contributed by atoms with Crippen molar-refractivity contribution in [1.29, 1.82) is 0 Å². The van der Waals surface area contributed by atoms with Gasteiger partial charge in [-0.05, 0) is 18.8 Å². The van der Waals surface area contributed by atoms with Crippen molar-refractivity contribution in [2.24, 2.45) is 5.92 Å². The van der Waals surface area contributed by atoms with E-state index in [1.54, 1.807) is 0 Å². The molecule has 0 aromatic heterocycles. The Hall–Kier alpha value is -0.440. The fraction of sp³-hybridized carbons (Fsp3) is 0.818. The van der Waals surface area contributed by atoms with E-state index >= 15 is 0 Å². The summed E-state index contributed by atoms with van der Waals surface area (Å²) < 4.78 is 24.3. The Kier molecular flexibility index (Phi) is 5.09. The topological polar surface area (TPSA) is 20.2 Å². The van der Waals surface area contributed by atoms with E-state index in [1.165, 1.54) is 32.1 Å². The van der Waals surface area contributed by atoms with Crippen LogP contribution in [0.2, 0.25) is 0 Å². The Labute approximate surface area is 83.8 Å². The molecule has 82 valence electrons. The predicted molar refractivity (Wildman–Crippen MR) is 52.1 cm³/mol. The van der Waals surface area contributed by atoms with Crippen LogP contribution in [-0.2, 0) is 0 Å². The third-order valence-electron chi connectivity index (χ3n) is 3.04. The molecule has 14 heavy (non-hydrogen) atoms. The van der Waals surface area contributed by atoms with Crippen LogP contribution in [0.1, 0.15) is 44.9 Å². The Morgan fingerprint density at radius 3 is 2.29 bits per heavy atom. The maximum absolute atomic E-state index is 12.2. The van der Waals surface area contributed by atoms with Gasteiger partial charge in [0.15, 0.2) is 0 Å². The van der Waals surface area contributed by atoms with Crippen LogP contribution in [0.4, 0.5) is 8.78 Å². The summed E-state index contributed by atoms with van der Waals surface area (Å²) in [6.45, 7) is -0.491. The molecule has 1 fully saturated rings. The van der Waals surface area contributed by atoms with Crippen molar-refractivity contribution in [3.05, 3.63) is 11.7 Å². The fourth-order valence-electron chi connectivity index (χ4n) is 2.09. The molecule has 1 saturated carbocycles. The van der Waals surface area contributed by atoms with Crippen LogP contribution in [0.5, 0.6) is 0 Å². The molecule has 0 aliphatic heterocycles. The smallest absolute Gasteiger partial charge is 0.271 e. The van der Waals surface area contributed by atoms with E-state index in [0.717, 1.165) is 6.42 Å². The minimum atomic E-state index is -1.69. The quantitative estimate of drug-likeness (QED) is 0.743. The van der Waals surface area contributed by atoms with E-state index < -0.39 is 12.7 Å². The second-order valence-corrected chi connectivity index (χ2v) is 4.06. The van der Waals surface area contributed by atoms with E-state index in [9.17, 15) is 8.78 Å². The van der Waals surface area contributed by atoms with Crippen LogP contribution in [0.15, 0.2) is 11.7 Å². The number of halogens is 2. The van der Waals surface area contributed by atoms with Crippen molar-refractivity contribution < 1.29 is 13.9 Å². The summed E-state index contributed by atoms with van der Waals surface area (Å²) >= 11 is 0. The predicted octanol–water partition coefficient (Wildman–Crippen LogP) is 3.49. The Morgan fingerprint density at radius 2 is 1.79 bits per heavy atom. The van der Waals surface area contributed by atoms with Gasteiger partial charge in [-0.25, -0.2) is 0 Å². The molecule has 1 aliphatic carbocycles. The highest BCUT2D eigenvalue weighted by Gasteiger charge is 2.14. The minimum Gasteiger partial charge on any atom is -0.392 e. The highest BCUT2D eigenvalue weighted by Crippen LogP contribution is 2.29. The van der Waals surface area contributed by atoms with Gasteiger partial charge in [0.05, 0.1) is 6.61 Å². The highest BCUT2D eigenvalue weighted by molar-refractivity contribution is 5.02. The van der Waals surface area contributed by atoms with Crippen molar-refractivity contribution in [2.45, 2.75) is 44.9 Å². The van der Waals surface area contributed by atoms with E-state index in [-0.39, 0.29) is 5.57 Å². The minimum absolute atomic E-state index is 0.0735. The van der Waals surface area contributed by atoms with Crippen LogP contribution < -0.4 is 0 Å². The highest BCUT2D eigenvalue weighted by atomic mass is 19.3. The number of rotatable bonds is 4. The second kappa shape index (κ2) is 6.12. The normalized spacial score (nSPS) is 18.2. The molecule has 1 N–H and O–H groups in total. The van der Waals surface area contributed by atoms with E-state index in [4.69, 9.17) is 5.11 Å². The van der Waals surface area contributed by atoms with Gasteiger partial charge in [-0.15, -0.1) is 0 Å². The molecular weight excluding hydrogens is 186 g/mol. The van der Waals surface area contributed by atoms with Gasteiger partial charge in [-0.2, -0.15) is 8.78 Å². The standard InChI is InChI=1S/C11H18F2O/c12-11(13)10(8-14)7-6-9-4-2-1-3-5-9/h9,14H,1-8H2. The molecule has 3 heteroatoms. The number of aliphatic hydroxyl groups excluding tert-OH is 1. The third-order valence-corrected chi connectivity index (χ3v) is 3.04. The molecule has 1 rings (SSSR count).